The molecule has 7 nitrogen and oxygen atoms in total. The van der Waals surface area contributed by atoms with Gasteiger partial charge in [0.05, 0.1) is 7.11 Å². The number of hydrogen-bond acceptors (Lipinski definition) is 7. The van der Waals surface area contributed by atoms with Crippen molar-refractivity contribution in [1.82, 2.24) is 9.97 Å². The summed E-state index contributed by atoms with van der Waals surface area (Å²) in [5, 5.41) is 8.56. The Morgan fingerprint density at radius 1 is 1.43 bits per heavy atom. The number of ether oxygens (including phenoxy) is 1. The second-order valence-electron chi connectivity index (χ2n) is 2.29. The van der Waals surface area contributed by atoms with E-state index in [0.717, 1.165) is 0 Å². The van der Waals surface area contributed by atoms with Gasteiger partial charge in [0.2, 0.25) is 0 Å². The van der Waals surface area contributed by atoms with Crippen LogP contribution >= 0.6 is 0 Å². The van der Waals surface area contributed by atoms with Gasteiger partial charge in [-0.1, -0.05) is 0 Å². The molecule has 0 atom stereocenters. The molecule has 0 aliphatic carbocycles. The van der Waals surface area contributed by atoms with Crippen molar-refractivity contribution in [3.05, 3.63) is 11.4 Å². The van der Waals surface area contributed by atoms with E-state index in [1.807, 2.05) is 0 Å². The van der Waals surface area contributed by atoms with Crippen molar-refractivity contribution in [1.29, 1.82) is 5.26 Å². The van der Waals surface area contributed by atoms with E-state index < -0.39 is 5.97 Å². The molecular formula is C7H7N5O2. The van der Waals surface area contributed by atoms with Crippen LogP contribution in [0.1, 0.15) is 16.2 Å². The van der Waals surface area contributed by atoms with Crippen LogP contribution in [0.3, 0.4) is 0 Å². The van der Waals surface area contributed by atoms with E-state index in [1.165, 1.54) is 7.11 Å². The van der Waals surface area contributed by atoms with Crippen LogP contribution in [0.4, 0.5) is 11.6 Å². The fraction of sp³-hybridized carbons (Fsp3) is 0.143. The van der Waals surface area contributed by atoms with Crippen molar-refractivity contribution in [2.45, 2.75) is 0 Å². The second-order valence-corrected chi connectivity index (χ2v) is 2.29. The maximum Gasteiger partial charge on any atom is 0.360 e. The van der Waals surface area contributed by atoms with Crippen LogP contribution in [0.15, 0.2) is 0 Å². The second kappa shape index (κ2) is 3.57. The number of hydrogen-bond donors (Lipinski definition) is 2. The Hall–Kier alpha value is -2.36. The van der Waals surface area contributed by atoms with E-state index in [4.69, 9.17) is 16.7 Å². The van der Waals surface area contributed by atoms with Gasteiger partial charge in [0.1, 0.15) is 6.07 Å². The number of rotatable bonds is 1. The summed E-state index contributed by atoms with van der Waals surface area (Å²) in [5.74, 6) is -1.03. The number of nitriles is 1. The number of aromatic nitrogens is 2. The molecule has 1 heterocycles. The summed E-state index contributed by atoms with van der Waals surface area (Å²) in [6, 6.07) is 1.68. The van der Waals surface area contributed by atoms with Gasteiger partial charge < -0.3 is 16.2 Å². The molecule has 0 radical (unpaired) electrons. The molecule has 0 aromatic carbocycles. The summed E-state index contributed by atoms with van der Waals surface area (Å²) >= 11 is 0. The number of nitrogens with two attached hydrogens (primary N) is 2. The zero-order valence-electron chi connectivity index (χ0n) is 7.31. The van der Waals surface area contributed by atoms with Gasteiger partial charge in [0.15, 0.2) is 23.0 Å². The number of nitrogens with zero attached hydrogens (tertiary/aromatic N) is 3. The Kier molecular flexibility index (Phi) is 2.48. The van der Waals surface area contributed by atoms with Gasteiger partial charge in [-0.3, -0.25) is 0 Å². The monoisotopic (exact) mass is 193 g/mol. The SMILES string of the molecule is COC(=O)c1nc(C#N)c(N)nc1N. The molecule has 72 valence electrons. The number of nitrogen functional groups attached to an aromatic ring is 2. The van der Waals surface area contributed by atoms with Crippen LogP contribution < -0.4 is 11.5 Å². The molecule has 0 spiro atoms. The minimum absolute atomic E-state index is 0.113. The van der Waals surface area contributed by atoms with Crippen LogP contribution in [-0.4, -0.2) is 23.0 Å². The highest BCUT2D eigenvalue weighted by molar-refractivity contribution is 5.92. The van der Waals surface area contributed by atoms with Gasteiger partial charge in [-0.05, 0) is 0 Å². The molecule has 0 amide bonds. The molecular weight excluding hydrogens is 186 g/mol. The summed E-state index contributed by atoms with van der Waals surface area (Å²) < 4.78 is 4.38. The predicted octanol–water partition coefficient (Wildman–Crippen LogP) is -0.701. The van der Waals surface area contributed by atoms with Gasteiger partial charge in [0.25, 0.3) is 0 Å². The molecule has 0 unspecified atom stereocenters. The number of methoxy groups -OCH3 is 1. The van der Waals surface area contributed by atoms with Crippen molar-refractivity contribution < 1.29 is 9.53 Å². The normalized spacial score (nSPS) is 9.14. The molecule has 0 fully saturated rings. The summed E-state index contributed by atoms with van der Waals surface area (Å²) in [7, 11) is 1.17. The zero-order valence-corrected chi connectivity index (χ0v) is 7.31. The van der Waals surface area contributed by atoms with Crippen molar-refractivity contribution in [3.8, 4) is 6.07 Å². The number of anilines is 2. The summed E-state index contributed by atoms with van der Waals surface area (Å²) in [6.07, 6.45) is 0. The summed E-state index contributed by atoms with van der Waals surface area (Å²) in [5.41, 5.74) is 10.3. The minimum Gasteiger partial charge on any atom is -0.464 e. The Balaban J connectivity index is 3.33. The van der Waals surface area contributed by atoms with E-state index in [-0.39, 0.29) is 23.0 Å². The molecule has 4 N–H and O–H groups in total. The van der Waals surface area contributed by atoms with Crippen LogP contribution in [0, 0.1) is 11.3 Å². The molecule has 7 heteroatoms. The average molecular weight is 193 g/mol. The molecule has 0 bridgehead atoms. The highest BCUT2D eigenvalue weighted by Crippen LogP contribution is 2.12. The number of carbonyl (C=O) groups is 1. The Morgan fingerprint density at radius 2 is 2.07 bits per heavy atom. The molecule has 0 saturated carbocycles. The zero-order chi connectivity index (χ0) is 10.7. The standard InChI is InChI=1S/C7H7N5O2/c1-14-7(13)4-6(10)12-5(9)3(2-8)11-4/h1H3,(H4,9,10,12). The Bertz CT molecular complexity index is 423. The smallest absolute Gasteiger partial charge is 0.360 e. The lowest BCUT2D eigenvalue weighted by Crippen LogP contribution is -2.13. The van der Waals surface area contributed by atoms with Gasteiger partial charge in [-0.25, -0.2) is 14.8 Å². The lowest BCUT2D eigenvalue weighted by atomic mass is 10.3. The lowest BCUT2D eigenvalue weighted by molar-refractivity contribution is 0.0595. The van der Waals surface area contributed by atoms with E-state index in [1.54, 1.807) is 6.07 Å². The van der Waals surface area contributed by atoms with E-state index in [9.17, 15) is 4.79 Å². The highest BCUT2D eigenvalue weighted by atomic mass is 16.5. The number of carbonyl (C=O) groups excluding carboxylic acids is 1. The maximum absolute atomic E-state index is 11.1. The van der Waals surface area contributed by atoms with Gasteiger partial charge >= 0.3 is 5.97 Å². The Labute approximate surface area is 79.3 Å². The van der Waals surface area contributed by atoms with E-state index in [2.05, 4.69) is 14.7 Å². The maximum atomic E-state index is 11.1. The third-order valence-electron chi connectivity index (χ3n) is 1.43. The lowest BCUT2D eigenvalue weighted by Gasteiger charge is -2.03. The fourth-order valence-electron chi connectivity index (χ4n) is 0.791. The first kappa shape index (κ1) is 9.73. The molecule has 14 heavy (non-hydrogen) atoms. The van der Waals surface area contributed by atoms with E-state index >= 15 is 0 Å². The van der Waals surface area contributed by atoms with Crippen molar-refractivity contribution in [3.63, 3.8) is 0 Å². The molecule has 1 aromatic rings. The van der Waals surface area contributed by atoms with Crippen LogP contribution in [0.5, 0.6) is 0 Å². The topological polar surface area (TPSA) is 128 Å². The summed E-state index contributed by atoms with van der Waals surface area (Å²) in [6.45, 7) is 0. The van der Waals surface area contributed by atoms with Gasteiger partial charge in [-0.15, -0.1) is 0 Å². The van der Waals surface area contributed by atoms with Crippen LogP contribution in [-0.2, 0) is 4.74 Å². The predicted molar refractivity (Wildman–Crippen MR) is 46.9 cm³/mol. The average Bonchev–Trinajstić information content (AvgIpc) is 2.17. The largest absolute Gasteiger partial charge is 0.464 e. The molecule has 1 rings (SSSR count). The van der Waals surface area contributed by atoms with Gasteiger partial charge in [-0.2, -0.15) is 5.26 Å². The van der Waals surface area contributed by atoms with E-state index in [0.29, 0.717) is 0 Å². The van der Waals surface area contributed by atoms with Crippen molar-refractivity contribution in [2.24, 2.45) is 0 Å². The Morgan fingerprint density at radius 3 is 2.57 bits per heavy atom. The number of esters is 1. The first-order valence-electron chi connectivity index (χ1n) is 3.51. The molecule has 0 saturated heterocycles. The van der Waals surface area contributed by atoms with Gasteiger partial charge in [0, 0.05) is 0 Å². The molecule has 0 aliphatic rings. The highest BCUT2D eigenvalue weighted by Gasteiger charge is 2.16. The van der Waals surface area contributed by atoms with Crippen molar-refractivity contribution in [2.75, 3.05) is 18.6 Å². The molecule has 1 aromatic heterocycles. The first-order chi connectivity index (χ1) is 6.60. The van der Waals surface area contributed by atoms with Crippen LogP contribution in [0.2, 0.25) is 0 Å². The molecule has 0 aliphatic heterocycles. The summed E-state index contributed by atoms with van der Waals surface area (Å²) in [4.78, 5) is 18.3. The third-order valence-corrected chi connectivity index (χ3v) is 1.43. The third kappa shape index (κ3) is 1.54. The first-order valence-corrected chi connectivity index (χ1v) is 3.51. The fourth-order valence-corrected chi connectivity index (χ4v) is 0.791. The van der Waals surface area contributed by atoms with Crippen LogP contribution in [0.25, 0.3) is 0 Å². The van der Waals surface area contributed by atoms with Crippen molar-refractivity contribution >= 4 is 17.6 Å². The minimum atomic E-state index is -0.758. The quantitative estimate of drug-likeness (QED) is 0.564.